The molecular weight excluding hydrogens is 238 g/mol. The fourth-order valence-corrected chi connectivity index (χ4v) is 1.72. The molecule has 0 bridgehead atoms. The highest BCUT2D eigenvalue weighted by molar-refractivity contribution is 6.29. The molecule has 17 heavy (non-hydrogen) atoms. The number of aromatic nitrogens is 2. The van der Waals surface area contributed by atoms with E-state index < -0.39 is 0 Å². The summed E-state index contributed by atoms with van der Waals surface area (Å²) in [5.74, 6) is 0.235. The smallest absolute Gasteiger partial charge is 0.231 e. The van der Waals surface area contributed by atoms with Crippen LogP contribution < -0.4 is 5.32 Å². The number of nitrogens with zero attached hydrogens (tertiary/aromatic N) is 2. The molecule has 0 saturated heterocycles. The molecule has 0 radical (unpaired) electrons. The first-order chi connectivity index (χ1) is 8.11. The Morgan fingerprint density at radius 2 is 2.12 bits per heavy atom. The predicted molar refractivity (Wildman–Crippen MR) is 69.2 cm³/mol. The van der Waals surface area contributed by atoms with Crippen LogP contribution in [0.25, 0.3) is 0 Å². The van der Waals surface area contributed by atoms with Crippen molar-refractivity contribution in [3.8, 4) is 0 Å². The van der Waals surface area contributed by atoms with Gasteiger partial charge in [0, 0.05) is 12.1 Å². The number of anilines is 1. The molecule has 0 atom stereocenters. The number of nitrogens with one attached hydrogen (secondary N) is 1. The Balaban J connectivity index is 2.39. The van der Waals surface area contributed by atoms with Crippen molar-refractivity contribution >= 4 is 23.5 Å². The summed E-state index contributed by atoms with van der Waals surface area (Å²) in [6.45, 7) is 3.95. The van der Waals surface area contributed by atoms with Gasteiger partial charge in [0.15, 0.2) is 0 Å². The number of aryl methyl sites for hydroxylation is 1. The molecule has 1 heterocycles. The molecule has 0 saturated carbocycles. The molecule has 1 aromatic rings. The van der Waals surface area contributed by atoms with E-state index in [0.29, 0.717) is 11.6 Å². The van der Waals surface area contributed by atoms with Gasteiger partial charge in [-0.3, -0.25) is 10.1 Å². The minimum atomic E-state index is -0.0530. The molecule has 0 aromatic carbocycles. The van der Waals surface area contributed by atoms with Gasteiger partial charge in [0.2, 0.25) is 11.9 Å². The molecular formula is C12H18ClN3O. The van der Waals surface area contributed by atoms with Crippen LogP contribution >= 0.6 is 11.6 Å². The SMILES string of the molecule is CCCCCCC(=O)Nc1nc(C)cc(Cl)n1. The van der Waals surface area contributed by atoms with Crippen molar-refractivity contribution in [3.05, 3.63) is 16.9 Å². The molecule has 0 fully saturated rings. The van der Waals surface area contributed by atoms with E-state index in [2.05, 4.69) is 22.2 Å². The molecule has 0 spiro atoms. The van der Waals surface area contributed by atoms with Crippen molar-refractivity contribution in [1.82, 2.24) is 9.97 Å². The summed E-state index contributed by atoms with van der Waals surface area (Å²) in [5.41, 5.74) is 0.742. The zero-order chi connectivity index (χ0) is 12.7. The monoisotopic (exact) mass is 255 g/mol. The van der Waals surface area contributed by atoms with Crippen molar-refractivity contribution < 1.29 is 4.79 Å². The number of carbonyl (C=O) groups is 1. The zero-order valence-corrected chi connectivity index (χ0v) is 11.0. The summed E-state index contributed by atoms with van der Waals surface area (Å²) in [6, 6.07) is 1.65. The van der Waals surface area contributed by atoms with Gasteiger partial charge in [-0.15, -0.1) is 0 Å². The fourth-order valence-electron chi connectivity index (χ4n) is 1.49. The van der Waals surface area contributed by atoms with E-state index in [1.807, 2.05) is 6.92 Å². The second-order valence-electron chi connectivity index (χ2n) is 4.01. The predicted octanol–water partition coefficient (Wildman–Crippen LogP) is 3.35. The molecule has 1 N–H and O–H groups in total. The van der Waals surface area contributed by atoms with Crippen LogP contribution in [0.4, 0.5) is 5.95 Å². The highest BCUT2D eigenvalue weighted by Gasteiger charge is 2.05. The number of unbranched alkanes of at least 4 members (excludes halogenated alkanes) is 3. The van der Waals surface area contributed by atoms with Crippen LogP contribution in [-0.2, 0) is 4.79 Å². The van der Waals surface area contributed by atoms with Crippen LogP contribution in [0.3, 0.4) is 0 Å². The highest BCUT2D eigenvalue weighted by atomic mass is 35.5. The molecule has 0 aliphatic carbocycles. The number of halogens is 1. The standard InChI is InChI=1S/C12H18ClN3O/c1-3-4-5-6-7-11(17)16-12-14-9(2)8-10(13)15-12/h8H,3-7H2,1-2H3,(H,14,15,16,17). The maximum atomic E-state index is 11.6. The van der Waals surface area contributed by atoms with Crippen LogP contribution in [0, 0.1) is 6.92 Å². The van der Waals surface area contributed by atoms with Crippen molar-refractivity contribution in [2.45, 2.75) is 46.0 Å². The zero-order valence-electron chi connectivity index (χ0n) is 10.3. The van der Waals surface area contributed by atoms with Gasteiger partial charge in [-0.1, -0.05) is 37.8 Å². The van der Waals surface area contributed by atoms with Crippen molar-refractivity contribution in [1.29, 1.82) is 0 Å². The number of hydrogen-bond donors (Lipinski definition) is 1. The van der Waals surface area contributed by atoms with Crippen molar-refractivity contribution in [3.63, 3.8) is 0 Å². The Hall–Kier alpha value is -1.16. The minimum absolute atomic E-state index is 0.0530. The van der Waals surface area contributed by atoms with E-state index >= 15 is 0 Å². The van der Waals surface area contributed by atoms with E-state index in [4.69, 9.17) is 11.6 Å². The Labute approximate surface area is 107 Å². The van der Waals surface area contributed by atoms with Gasteiger partial charge in [0.05, 0.1) is 0 Å². The third-order valence-corrected chi connectivity index (χ3v) is 2.53. The van der Waals surface area contributed by atoms with Gasteiger partial charge in [-0.2, -0.15) is 0 Å². The van der Waals surface area contributed by atoms with E-state index in [9.17, 15) is 4.79 Å². The van der Waals surface area contributed by atoms with Crippen LogP contribution in [0.15, 0.2) is 6.07 Å². The van der Waals surface area contributed by atoms with Gasteiger partial charge in [-0.05, 0) is 19.4 Å². The molecule has 1 amide bonds. The fraction of sp³-hybridized carbons (Fsp3) is 0.583. The van der Waals surface area contributed by atoms with Gasteiger partial charge in [0.1, 0.15) is 5.15 Å². The molecule has 4 nitrogen and oxygen atoms in total. The minimum Gasteiger partial charge on any atom is -0.294 e. The number of amides is 1. The second kappa shape index (κ2) is 7.22. The molecule has 5 heteroatoms. The summed E-state index contributed by atoms with van der Waals surface area (Å²) >= 11 is 5.78. The summed E-state index contributed by atoms with van der Waals surface area (Å²) in [6.07, 6.45) is 4.83. The Bertz CT molecular complexity index is 362. The number of hydrogen-bond acceptors (Lipinski definition) is 3. The van der Waals surface area contributed by atoms with Crippen LogP contribution in [0.5, 0.6) is 0 Å². The maximum Gasteiger partial charge on any atom is 0.231 e. The molecule has 0 aliphatic rings. The Kier molecular flexibility index (Phi) is 5.91. The Morgan fingerprint density at radius 1 is 1.35 bits per heavy atom. The normalized spacial score (nSPS) is 10.3. The maximum absolute atomic E-state index is 11.6. The van der Waals surface area contributed by atoms with Crippen LogP contribution in [0.1, 0.15) is 44.7 Å². The first-order valence-electron chi connectivity index (χ1n) is 5.93. The van der Waals surface area contributed by atoms with Gasteiger partial charge in [-0.25, -0.2) is 9.97 Å². The summed E-state index contributed by atoms with van der Waals surface area (Å²) in [4.78, 5) is 19.6. The highest BCUT2D eigenvalue weighted by Crippen LogP contribution is 2.10. The largest absolute Gasteiger partial charge is 0.294 e. The van der Waals surface area contributed by atoms with Crippen LogP contribution in [0.2, 0.25) is 5.15 Å². The van der Waals surface area contributed by atoms with Gasteiger partial charge in [0.25, 0.3) is 0 Å². The molecule has 1 rings (SSSR count). The van der Waals surface area contributed by atoms with E-state index in [-0.39, 0.29) is 11.9 Å². The van der Waals surface area contributed by atoms with Crippen LogP contribution in [-0.4, -0.2) is 15.9 Å². The van der Waals surface area contributed by atoms with Gasteiger partial charge >= 0.3 is 0 Å². The number of rotatable bonds is 6. The first kappa shape index (κ1) is 13.9. The number of carbonyl (C=O) groups excluding carboxylic acids is 1. The lowest BCUT2D eigenvalue weighted by Crippen LogP contribution is -2.14. The first-order valence-corrected chi connectivity index (χ1v) is 6.30. The summed E-state index contributed by atoms with van der Waals surface area (Å²) in [5, 5.41) is 3.00. The third-order valence-electron chi connectivity index (χ3n) is 2.33. The average Bonchev–Trinajstić information content (AvgIpc) is 2.23. The molecule has 94 valence electrons. The van der Waals surface area contributed by atoms with Gasteiger partial charge < -0.3 is 0 Å². The lowest BCUT2D eigenvalue weighted by atomic mass is 10.1. The second-order valence-corrected chi connectivity index (χ2v) is 4.40. The lowest BCUT2D eigenvalue weighted by molar-refractivity contribution is -0.116. The van der Waals surface area contributed by atoms with Crippen molar-refractivity contribution in [2.24, 2.45) is 0 Å². The van der Waals surface area contributed by atoms with Crippen molar-refractivity contribution in [2.75, 3.05) is 5.32 Å². The quantitative estimate of drug-likeness (QED) is 0.627. The third kappa shape index (κ3) is 5.63. The van der Waals surface area contributed by atoms with E-state index in [1.165, 1.54) is 6.42 Å². The molecule has 0 aliphatic heterocycles. The summed E-state index contributed by atoms with van der Waals surface area (Å²) in [7, 11) is 0. The molecule has 0 unspecified atom stereocenters. The van der Waals surface area contributed by atoms with E-state index in [1.54, 1.807) is 6.07 Å². The molecule has 1 aromatic heterocycles. The topological polar surface area (TPSA) is 54.9 Å². The summed E-state index contributed by atoms with van der Waals surface area (Å²) < 4.78 is 0. The Morgan fingerprint density at radius 3 is 2.76 bits per heavy atom. The average molecular weight is 256 g/mol. The van der Waals surface area contributed by atoms with E-state index in [0.717, 1.165) is 25.0 Å². The lowest BCUT2D eigenvalue weighted by Gasteiger charge is -2.04.